The van der Waals surface area contributed by atoms with Crippen molar-refractivity contribution in [1.82, 2.24) is 10.3 Å². The summed E-state index contributed by atoms with van der Waals surface area (Å²) in [4.78, 5) is 8.53. The number of nitrogens with two attached hydrogens (primary N) is 1. The van der Waals surface area contributed by atoms with Gasteiger partial charge in [0.1, 0.15) is 11.6 Å². The minimum absolute atomic E-state index is 0.0523. The lowest BCUT2D eigenvalue weighted by Gasteiger charge is -2.38. The molecule has 0 aliphatic carbocycles. The molecule has 0 saturated carbocycles. The lowest BCUT2D eigenvalue weighted by molar-refractivity contribution is 0.315. The fourth-order valence-corrected chi connectivity index (χ4v) is 4.68. The Morgan fingerprint density at radius 2 is 1.68 bits per heavy atom. The molecule has 3 N–H and O–H groups in total. The molecular weight excluding hydrogens is 456 g/mol. The van der Waals surface area contributed by atoms with Crippen LogP contribution >= 0.6 is 12.2 Å². The summed E-state index contributed by atoms with van der Waals surface area (Å²) in [6.45, 7) is 4.15. The van der Waals surface area contributed by atoms with Crippen LogP contribution in [0.5, 0.6) is 0 Å². The highest BCUT2D eigenvalue weighted by Gasteiger charge is 2.28. The molecule has 2 fully saturated rings. The van der Waals surface area contributed by atoms with Gasteiger partial charge >= 0.3 is 0 Å². The Bertz CT molecular complexity index is 1050. The summed E-state index contributed by atoms with van der Waals surface area (Å²) in [5.41, 5.74) is 10.7. The number of halogens is 2. The molecule has 2 aliphatic heterocycles. The van der Waals surface area contributed by atoms with E-state index < -0.39 is 0 Å². The van der Waals surface area contributed by atoms with Crippen LogP contribution in [-0.2, 0) is 0 Å². The molecule has 0 amide bonds. The molecule has 2 heterocycles. The number of hydrazone groups is 1. The van der Waals surface area contributed by atoms with Gasteiger partial charge in [-0.1, -0.05) is 12.1 Å². The van der Waals surface area contributed by atoms with E-state index in [0.717, 1.165) is 25.2 Å². The summed E-state index contributed by atoms with van der Waals surface area (Å²) < 4.78 is 29.5. The number of hydrogen-bond acceptors (Lipinski definition) is 6. The molecular formula is C24H31F2N7S. The van der Waals surface area contributed by atoms with E-state index in [4.69, 9.17) is 18.0 Å². The number of hydrogen-bond donors (Lipinski definition) is 2. The van der Waals surface area contributed by atoms with Gasteiger partial charge in [0.05, 0.1) is 17.6 Å². The van der Waals surface area contributed by atoms with Crippen molar-refractivity contribution >= 4 is 40.6 Å². The van der Waals surface area contributed by atoms with E-state index in [1.165, 1.54) is 12.1 Å². The second-order valence-electron chi connectivity index (χ2n) is 8.87. The minimum Gasteiger partial charge on any atom is -0.375 e. The van der Waals surface area contributed by atoms with Gasteiger partial charge in [-0.25, -0.2) is 8.78 Å². The van der Waals surface area contributed by atoms with E-state index in [9.17, 15) is 4.39 Å². The highest BCUT2D eigenvalue weighted by molar-refractivity contribution is 7.80. The maximum absolute atomic E-state index is 15.3. The normalized spacial score (nSPS) is 18.9. The molecule has 34 heavy (non-hydrogen) atoms. The molecule has 10 heteroatoms. The number of nitrogens with one attached hydrogen (secondary N) is 1. The zero-order valence-corrected chi connectivity index (χ0v) is 20.4. The maximum Gasteiger partial charge on any atom is 0.184 e. The molecule has 2 aliphatic rings. The molecule has 0 aromatic heterocycles. The van der Waals surface area contributed by atoms with Crippen LogP contribution in [0.25, 0.3) is 0 Å². The van der Waals surface area contributed by atoms with Gasteiger partial charge in [0.15, 0.2) is 5.11 Å². The number of likely N-dealkylation sites (N-methyl/N-ethyl adjacent to an activating group) is 1. The summed E-state index contributed by atoms with van der Waals surface area (Å²) >= 11 is 4.81. The predicted octanol–water partition coefficient (Wildman–Crippen LogP) is 2.60. The van der Waals surface area contributed by atoms with Gasteiger partial charge in [0.2, 0.25) is 0 Å². The number of nitrogens with zero attached hydrogens (tertiary/aromatic N) is 5. The molecule has 2 aromatic rings. The van der Waals surface area contributed by atoms with E-state index >= 15 is 4.39 Å². The zero-order valence-electron chi connectivity index (χ0n) is 19.5. The Balaban J connectivity index is 1.57. The third-order valence-electron chi connectivity index (χ3n) is 6.52. The molecule has 182 valence electrons. The molecule has 2 saturated heterocycles. The first kappa shape index (κ1) is 24.2. The second-order valence-corrected chi connectivity index (χ2v) is 9.31. The summed E-state index contributed by atoms with van der Waals surface area (Å²) in [6, 6.07) is 10.6. The van der Waals surface area contributed by atoms with Crippen molar-refractivity contribution in [2.45, 2.75) is 12.5 Å². The van der Waals surface area contributed by atoms with E-state index in [1.807, 2.05) is 21.9 Å². The second kappa shape index (κ2) is 10.5. The van der Waals surface area contributed by atoms with Crippen LogP contribution in [0.1, 0.15) is 12.0 Å². The average molecular weight is 488 g/mol. The van der Waals surface area contributed by atoms with Crippen molar-refractivity contribution < 1.29 is 8.78 Å². The molecule has 0 bridgehead atoms. The van der Waals surface area contributed by atoms with Crippen LogP contribution in [0.4, 0.5) is 25.8 Å². The van der Waals surface area contributed by atoms with Gasteiger partial charge in [0.25, 0.3) is 0 Å². The van der Waals surface area contributed by atoms with Crippen molar-refractivity contribution in [2.75, 3.05) is 68.1 Å². The van der Waals surface area contributed by atoms with Crippen molar-refractivity contribution in [2.24, 2.45) is 10.8 Å². The van der Waals surface area contributed by atoms with Gasteiger partial charge in [-0.3, -0.25) is 5.43 Å². The van der Waals surface area contributed by atoms with Crippen LogP contribution in [0.15, 0.2) is 41.5 Å². The summed E-state index contributed by atoms with van der Waals surface area (Å²) in [6.07, 6.45) is 2.59. The molecule has 7 nitrogen and oxygen atoms in total. The third-order valence-corrected chi connectivity index (χ3v) is 6.61. The first-order valence-corrected chi connectivity index (χ1v) is 11.8. The number of para-hydroxylation sites is 1. The Hall–Kier alpha value is -2.98. The number of anilines is 3. The molecule has 0 radical (unpaired) electrons. The monoisotopic (exact) mass is 487 g/mol. The van der Waals surface area contributed by atoms with Gasteiger partial charge < -0.3 is 25.3 Å². The molecule has 4 rings (SSSR count). The van der Waals surface area contributed by atoms with Crippen LogP contribution in [0, 0.1) is 11.6 Å². The molecule has 1 atom stereocenters. The summed E-state index contributed by atoms with van der Waals surface area (Å²) in [5.74, 6) is -0.550. The Kier molecular flexibility index (Phi) is 7.47. The van der Waals surface area contributed by atoms with Crippen molar-refractivity contribution in [3.63, 3.8) is 0 Å². The summed E-state index contributed by atoms with van der Waals surface area (Å²) in [7, 11) is 4.15. The lowest BCUT2D eigenvalue weighted by atomic mass is 10.1. The Morgan fingerprint density at radius 3 is 2.29 bits per heavy atom. The van der Waals surface area contributed by atoms with Gasteiger partial charge in [-0.05, 0) is 57.0 Å². The highest BCUT2D eigenvalue weighted by atomic mass is 32.1. The van der Waals surface area contributed by atoms with Gasteiger partial charge in [-0.15, -0.1) is 0 Å². The quantitative estimate of drug-likeness (QED) is 0.369. The van der Waals surface area contributed by atoms with E-state index in [-0.39, 0.29) is 16.7 Å². The maximum atomic E-state index is 15.3. The SMILES string of the molecule is CN(C)[C@@H]1CCN(c2cc(N3CCN(c4ccccc4F)CC3)c(F)cc2/C=N/NC(N)=S)C1. The molecule has 0 spiro atoms. The molecule has 2 aromatic carbocycles. The van der Waals surface area contributed by atoms with E-state index in [2.05, 4.69) is 34.4 Å². The summed E-state index contributed by atoms with van der Waals surface area (Å²) in [5, 5.41) is 4.11. The zero-order chi connectivity index (χ0) is 24.2. The van der Waals surface area contributed by atoms with Crippen LogP contribution in [0.2, 0.25) is 0 Å². The minimum atomic E-state index is -0.316. The van der Waals surface area contributed by atoms with Crippen molar-refractivity contribution in [3.8, 4) is 0 Å². The van der Waals surface area contributed by atoms with Crippen molar-refractivity contribution in [1.29, 1.82) is 0 Å². The molecule has 0 unspecified atom stereocenters. The fourth-order valence-electron chi connectivity index (χ4n) is 4.63. The third kappa shape index (κ3) is 5.39. The van der Waals surface area contributed by atoms with E-state index in [1.54, 1.807) is 18.3 Å². The topological polar surface area (TPSA) is 63.4 Å². The van der Waals surface area contributed by atoms with Gasteiger partial charge in [-0.2, -0.15) is 5.10 Å². The highest BCUT2D eigenvalue weighted by Crippen LogP contribution is 2.33. The smallest absolute Gasteiger partial charge is 0.184 e. The van der Waals surface area contributed by atoms with Gasteiger partial charge in [0, 0.05) is 56.6 Å². The lowest BCUT2D eigenvalue weighted by Crippen LogP contribution is -2.47. The fraction of sp³-hybridized carbons (Fsp3) is 0.417. The Morgan fingerprint density at radius 1 is 1.00 bits per heavy atom. The van der Waals surface area contributed by atoms with Crippen LogP contribution < -0.4 is 25.9 Å². The standard InChI is InChI=1S/C24H31F2N7S/c1-30(2)18-7-8-33(16-18)22-14-23(20(26)13-17(22)15-28-29-24(27)34)32-11-9-31(10-12-32)21-6-4-3-5-19(21)25/h3-6,13-15,18H,7-12,16H2,1-2H3,(H3,27,29,34)/b28-15+/t18-/m1/s1. The number of rotatable bonds is 6. The van der Waals surface area contributed by atoms with Crippen molar-refractivity contribution in [3.05, 3.63) is 53.6 Å². The first-order chi connectivity index (χ1) is 16.3. The average Bonchev–Trinajstić information content (AvgIpc) is 3.30. The van der Waals surface area contributed by atoms with Crippen LogP contribution in [-0.4, -0.2) is 75.6 Å². The van der Waals surface area contributed by atoms with Crippen LogP contribution in [0.3, 0.4) is 0 Å². The Labute approximate surface area is 204 Å². The number of thiocarbonyl (C=S) groups is 1. The predicted molar refractivity (Wildman–Crippen MR) is 139 cm³/mol. The first-order valence-electron chi connectivity index (χ1n) is 11.4. The van der Waals surface area contributed by atoms with E-state index in [0.29, 0.717) is 49.2 Å². The number of benzene rings is 2. The largest absolute Gasteiger partial charge is 0.375 e. The number of piperazine rings is 1.